The Morgan fingerprint density at radius 3 is 1.36 bits per heavy atom. The van der Waals surface area contributed by atoms with Crippen molar-refractivity contribution in [3.63, 3.8) is 0 Å². The molecule has 12 heteroatoms. The van der Waals surface area contributed by atoms with E-state index in [1.807, 2.05) is 195 Å². The fraction of sp³-hybridized carbons (Fsp3) is 0.0843. The molecule has 13 aromatic rings. The van der Waals surface area contributed by atoms with E-state index in [1.165, 1.54) is 27.4 Å². The molecule has 0 N–H and O–H groups in total. The molecule has 0 saturated heterocycles. The van der Waals surface area contributed by atoms with E-state index < -0.39 is 22.1 Å². The molecule has 3 aliphatic rings. The summed E-state index contributed by atoms with van der Waals surface area (Å²) in [7, 11) is -7.10. The molecule has 0 aliphatic carbocycles. The molecule has 1 aromatic heterocycles. The van der Waals surface area contributed by atoms with Gasteiger partial charge in [-0.2, -0.15) is 0 Å². The molecule has 3 aliphatic heterocycles. The predicted octanol–water partition coefficient (Wildman–Crippen LogP) is 19.3. The molecular weight excluding hydrogens is 1230 g/mol. The highest BCUT2D eigenvalue weighted by Gasteiger charge is 2.42. The summed E-state index contributed by atoms with van der Waals surface area (Å²) in [6.45, 7) is 8.60. The van der Waals surface area contributed by atoms with Crippen LogP contribution in [0.4, 0.5) is 0 Å². The molecule has 0 amide bonds. The Balaban J connectivity index is 0.000000157. The lowest BCUT2D eigenvalue weighted by atomic mass is 9.85. The molecule has 9 nitrogen and oxygen atoms in total. The van der Waals surface area contributed by atoms with Crippen LogP contribution in [0.3, 0.4) is 0 Å². The summed E-state index contributed by atoms with van der Waals surface area (Å²) in [5, 5.41) is 6.34. The highest BCUT2D eigenvalue weighted by Crippen LogP contribution is 2.58. The highest BCUT2D eigenvalue weighted by molar-refractivity contribution is 7.76. The summed E-state index contributed by atoms with van der Waals surface area (Å²) in [6, 6.07) is 87.9. The number of fused-ring (bicyclic) bond motifs is 12. The molecule has 0 spiro atoms. The van der Waals surface area contributed by atoms with Crippen molar-refractivity contribution in [3.8, 4) is 67.8 Å². The normalized spacial score (nSPS) is 17.4. The van der Waals surface area contributed by atoms with E-state index in [0.29, 0.717) is 55.3 Å². The Morgan fingerprint density at radius 2 is 0.811 bits per heavy atom. The Hall–Kier alpha value is -10.4. The van der Waals surface area contributed by atoms with E-state index in [2.05, 4.69) is 122 Å². The van der Waals surface area contributed by atoms with Crippen LogP contribution in [-0.2, 0) is 19.1 Å². The molecule has 0 saturated carbocycles. The molecule has 95 heavy (non-hydrogen) atoms. The molecule has 16 rings (SSSR count). The summed E-state index contributed by atoms with van der Waals surface area (Å²) >= 11 is 0. The van der Waals surface area contributed by atoms with Crippen molar-refractivity contribution in [1.82, 2.24) is 4.57 Å². The van der Waals surface area contributed by atoms with Crippen LogP contribution >= 0.6 is 22.1 Å². The molecule has 0 radical (unpaired) electrons. The largest absolute Gasteiger partial charge is 0.496 e. The van der Waals surface area contributed by atoms with Crippen molar-refractivity contribution in [3.05, 3.63) is 300 Å². The summed E-state index contributed by atoms with van der Waals surface area (Å²) in [5.74, 6) is 2.91. The Morgan fingerprint density at radius 1 is 0.368 bits per heavy atom. The number of nitrogens with zero attached hydrogens (tertiary/aromatic N) is 1. The topological polar surface area (TPSA) is 102 Å². The number of para-hydroxylation sites is 4. The number of methoxy groups -OCH3 is 2. The van der Waals surface area contributed by atoms with E-state index in [1.54, 1.807) is 20.3 Å². The quantitative estimate of drug-likeness (QED) is 0.0986. The van der Waals surface area contributed by atoms with Crippen molar-refractivity contribution >= 4 is 100 Å². The van der Waals surface area contributed by atoms with Gasteiger partial charge < -0.3 is 27.6 Å². The molecule has 4 heterocycles. The maximum Gasteiger partial charge on any atom is 0.311 e. The van der Waals surface area contributed by atoms with Gasteiger partial charge in [-0.15, -0.1) is 0 Å². The van der Waals surface area contributed by atoms with Gasteiger partial charge in [0, 0.05) is 38.7 Å². The number of hydrogen-bond donors (Lipinski definition) is 0. The van der Waals surface area contributed by atoms with Gasteiger partial charge >= 0.3 is 22.1 Å². The third-order valence-electron chi connectivity index (χ3n) is 18.1. The third-order valence-corrected chi connectivity index (χ3v) is 25.4. The van der Waals surface area contributed by atoms with Gasteiger partial charge in [-0.05, 0) is 154 Å². The lowest BCUT2D eigenvalue weighted by Crippen LogP contribution is -2.26. The van der Waals surface area contributed by atoms with Crippen molar-refractivity contribution in [2.45, 2.75) is 33.1 Å². The lowest BCUT2D eigenvalue weighted by Gasteiger charge is -2.31. The predicted molar refractivity (Wildman–Crippen MR) is 393 cm³/mol. The van der Waals surface area contributed by atoms with Gasteiger partial charge in [0.25, 0.3) is 0 Å². The second-order valence-electron chi connectivity index (χ2n) is 25.0. The van der Waals surface area contributed by atoms with Gasteiger partial charge in [-0.1, -0.05) is 214 Å². The molecule has 0 fully saturated rings. The molecule has 12 aromatic carbocycles. The van der Waals surface area contributed by atoms with Crippen LogP contribution in [0.25, 0.3) is 85.2 Å². The van der Waals surface area contributed by atoms with E-state index in [9.17, 15) is 13.7 Å². The second kappa shape index (κ2) is 24.2. The van der Waals surface area contributed by atoms with Crippen LogP contribution in [0.5, 0.6) is 28.7 Å². The first-order valence-corrected chi connectivity index (χ1v) is 36.4. The van der Waals surface area contributed by atoms with Crippen molar-refractivity contribution in [1.29, 1.82) is 0 Å². The first-order chi connectivity index (χ1) is 46.1. The van der Waals surface area contributed by atoms with Gasteiger partial charge in [0.15, 0.2) is 0 Å². The average Bonchev–Trinajstić information content (AvgIpc) is 1.56. The van der Waals surface area contributed by atoms with Gasteiger partial charge in [-0.25, -0.2) is 0 Å². The lowest BCUT2D eigenvalue weighted by molar-refractivity contribution is 0.403. The molecule has 466 valence electrons. The molecule has 0 bridgehead atoms. The summed E-state index contributed by atoms with van der Waals surface area (Å²) < 4.78 is 77.1. The fourth-order valence-corrected chi connectivity index (χ4v) is 20.1. The van der Waals surface area contributed by atoms with Crippen LogP contribution < -0.4 is 54.9 Å². The van der Waals surface area contributed by atoms with Crippen LogP contribution in [0, 0.1) is 6.92 Å². The molecule has 3 atom stereocenters. The first kappa shape index (κ1) is 60.8. The van der Waals surface area contributed by atoms with Gasteiger partial charge in [0.2, 0.25) is 0 Å². The number of rotatable bonds is 10. The smallest absolute Gasteiger partial charge is 0.311 e. The Kier molecular flexibility index (Phi) is 15.5. The minimum atomic E-state index is -3.58. The van der Waals surface area contributed by atoms with Crippen LogP contribution in [0.15, 0.2) is 267 Å². The molecular formula is C83H66NO8P3. The number of aryl methyl sites for hydroxylation is 1. The maximum absolute atomic E-state index is 14.9. The third kappa shape index (κ3) is 10.8. The van der Waals surface area contributed by atoms with Crippen LogP contribution in [0.2, 0.25) is 0 Å². The number of hydrogen-bond acceptors (Lipinski definition) is 8. The van der Waals surface area contributed by atoms with E-state index >= 15 is 0 Å². The van der Waals surface area contributed by atoms with Crippen molar-refractivity contribution < 1.29 is 36.7 Å². The summed E-state index contributed by atoms with van der Waals surface area (Å²) in [6.07, 6.45) is 8.06. The number of benzene rings is 12. The number of ether oxygens (including phenoxy) is 2. The first-order valence-electron chi connectivity index (χ1n) is 31.6. The van der Waals surface area contributed by atoms with Crippen LogP contribution in [-0.4, -0.2) is 18.8 Å². The zero-order valence-corrected chi connectivity index (χ0v) is 56.0. The average molecular weight is 1300 g/mol. The standard InChI is InChI=1S/C43H36O4P2.C40H30NO4P/c1-29-13-25-37-38-28-32(43(2,3)4)20-26-40(38)47-49(45,42(37)27-29)34-23-18-31(19-24-34)15-14-30-16-21-33(22-17-30)48(44)41-12-8-6-10-36(41)35-9-5-7-11-39(35)46-48;1-43-37-26-40(46(42)39-18-10-6-14-33(39)32-13-5-9-17-36(32)45-46)38(44-2)25-28(37)22-19-27-20-23-29(24-21-27)41-34-15-7-3-11-30(34)31-12-4-8-16-35(31)41/h5-28H,1-4H3;3-26H,1-2H3/b15-14+;22-19+. The highest BCUT2D eigenvalue weighted by atomic mass is 31.2. The van der Waals surface area contributed by atoms with Crippen molar-refractivity contribution in [2.24, 2.45) is 0 Å². The minimum absolute atomic E-state index is 0.0189. The van der Waals surface area contributed by atoms with Crippen molar-refractivity contribution in [2.75, 3.05) is 14.2 Å². The minimum Gasteiger partial charge on any atom is -0.496 e. The maximum atomic E-state index is 14.9. The van der Waals surface area contributed by atoms with E-state index in [0.717, 1.165) is 72.2 Å². The SMILES string of the molecule is COc1cc(P2(=O)Oc3ccccc3-c3ccccc32)c(OC)cc1/C=C/c1ccc(-n2c3ccccc3c3ccccc32)cc1.Cc1ccc2c(c1)P(=O)(c1ccc(/C=C/c3ccc(P4(=O)Oc5ccccc5-c5ccccc54)cc3)cc1)Oc1ccc(C(C)(C)C)cc1-2. The van der Waals surface area contributed by atoms with Crippen LogP contribution in [0.1, 0.15) is 54.2 Å². The van der Waals surface area contributed by atoms with Gasteiger partial charge in [0.05, 0.1) is 57.1 Å². The van der Waals surface area contributed by atoms with Gasteiger partial charge in [0.1, 0.15) is 28.7 Å². The number of aromatic nitrogens is 1. The zero-order chi connectivity index (χ0) is 65.2. The Bertz CT molecular complexity index is 5360. The summed E-state index contributed by atoms with van der Waals surface area (Å²) in [5.41, 5.74) is 15.1. The van der Waals surface area contributed by atoms with E-state index in [-0.39, 0.29) is 5.41 Å². The molecule has 3 unspecified atom stereocenters. The second-order valence-corrected chi connectivity index (χ2v) is 31.8. The fourth-order valence-electron chi connectivity index (χ4n) is 13.1. The monoisotopic (exact) mass is 1300 g/mol. The van der Waals surface area contributed by atoms with E-state index in [4.69, 9.17) is 23.0 Å². The summed E-state index contributed by atoms with van der Waals surface area (Å²) in [4.78, 5) is 0. The Labute approximate surface area is 553 Å². The zero-order valence-electron chi connectivity index (χ0n) is 53.3. The van der Waals surface area contributed by atoms with Gasteiger partial charge in [-0.3, -0.25) is 13.7 Å².